The molecule has 3 nitrogen and oxygen atoms in total. The van der Waals surface area contributed by atoms with E-state index in [1.54, 1.807) is 0 Å². The normalized spacial score (nSPS) is 11.2. The van der Waals surface area contributed by atoms with Crippen LogP contribution in [0.3, 0.4) is 0 Å². The molecule has 3 heteroatoms. The summed E-state index contributed by atoms with van der Waals surface area (Å²) in [5, 5.41) is 0.975. The predicted molar refractivity (Wildman–Crippen MR) is 73.5 cm³/mol. The molecule has 0 aliphatic carbocycles. The zero-order chi connectivity index (χ0) is 13.3. The number of benzene rings is 1. The Hall–Kier alpha value is -1.77. The lowest BCUT2D eigenvalue weighted by atomic mass is 10.1. The van der Waals surface area contributed by atoms with Gasteiger partial charge in [0.2, 0.25) is 0 Å². The van der Waals surface area contributed by atoms with Gasteiger partial charge in [-0.15, -0.1) is 0 Å². The lowest BCUT2D eigenvalue weighted by Gasteiger charge is -2.10. The molecule has 0 atom stereocenters. The van der Waals surface area contributed by atoms with E-state index in [0.717, 1.165) is 40.7 Å². The van der Waals surface area contributed by atoms with Crippen molar-refractivity contribution in [1.82, 2.24) is 4.57 Å². The molecule has 1 heterocycles. The highest BCUT2D eigenvalue weighted by molar-refractivity contribution is 6.00. The van der Waals surface area contributed by atoms with E-state index in [9.17, 15) is 4.79 Å². The molecule has 0 bridgehead atoms. The summed E-state index contributed by atoms with van der Waals surface area (Å²) in [4.78, 5) is 11.2. The summed E-state index contributed by atoms with van der Waals surface area (Å²) in [6.07, 6.45) is 1.07. The molecule has 0 amide bonds. The number of hydrogen-bond acceptors (Lipinski definition) is 2. The van der Waals surface area contributed by atoms with Crippen LogP contribution in [0.15, 0.2) is 18.2 Å². The summed E-state index contributed by atoms with van der Waals surface area (Å²) < 4.78 is 7.83. The molecular formula is C15H19NO2. The Balaban J connectivity index is 2.65. The molecule has 18 heavy (non-hydrogen) atoms. The van der Waals surface area contributed by atoms with Crippen molar-refractivity contribution in [3.05, 3.63) is 29.5 Å². The lowest BCUT2D eigenvalue weighted by molar-refractivity contribution is 0.112. The Morgan fingerprint density at radius 2 is 2.11 bits per heavy atom. The van der Waals surface area contributed by atoms with Crippen LogP contribution in [0.4, 0.5) is 0 Å². The van der Waals surface area contributed by atoms with Crippen LogP contribution < -0.4 is 4.74 Å². The Morgan fingerprint density at radius 1 is 1.39 bits per heavy atom. The molecule has 0 aliphatic heterocycles. The molecule has 0 aliphatic rings. The molecule has 0 fully saturated rings. The van der Waals surface area contributed by atoms with Crippen molar-refractivity contribution in [2.45, 2.75) is 40.3 Å². The highest BCUT2D eigenvalue weighted by Crippen LogP contribution is 2.28. The molecule has 0 spiro atoms. The largest absolute Gasteiger partial charge is 0.491 e. The Kier molecular flexibility index (Phi) is 3.41. The number of aryl methyl sites for hydroxylation is 1. The monoisotopic (exact) mass is 245 g/mol. The van der Waals surface area contributed by atoms with Gasteiger partial charge < -0.3 is 9.30 Å². The van der Waals surface area contributed by atoms with Crippen molar-refractivity contribution in [1.29, 1.82) is 0 Å². The third-order valence-electron chi connectivity index (χ3n) is 3.15. The average molecular weight is 245 g/mol. The fourth-order valence-electron chi connectivity index (χ4n) is 2.39. The van der Waals surface area contributed by atoms with Crippen molar-refractivity contribution in [3.8, 4) is 5.75 Å². The van der Waals surface area contributed by atoms with E-state index >= 15 is 0 Å². The summed E-state index contributed by atoms with van der Waals surface area (Å²) in [6.45, 7) is 8.91. The van der Waals surface area contributed by atoms with Crippen LogP contribution in [0.5, 0.6) is 5.75 Å². The second-order valence-electron chi connectivity index (χ2n) is 4.71. The van der Waals surface area contributed by atoms with Gasteiger partial charge in [0.15, 0.2) is 6.29 Å². The first kappa shape index (κ1) is 12.7. The molecule has 1 aromatic heterocycles. The number of nitrogens with zero attached hydrogens (tertiary/aromatic N) is 1. The van der Waals surface area contributed by atoms with Gasteiger partial charge in [-0.1, -0.05) is 0 Å². The van der Waals surface area contributed by atoms with Gasteiger partial charge in [0.25, 0.3) is 0 Å². The number of rotatable bonds is 4. The summed E-state index contributed by atoms with van der Waals surface area (Å²) in [7, 11) is 0. The Morgan fingerprint density at radius 3 is 2.67 bits per heavy atom. The second-order valence-corrected chi connectivity index (χ2v) is 4.71. The van der Waals surface area contributed by atoms with Gasteiger partial charge in [-0.2, -0.15) is 0 Å². The van der Waals surface area contributed by atoms with Gasteiger partial charge in [0, 0.05) is 28.7 Å². The first-order chi connectivity index (χ1) is 8.58. The van der Waals surface area contributed by atoms with Crippen LogP contribution in [0.1, 0.15) is 36.8 Å². The summed E-state index contributed by atoms with van der Waals surface area (Å²) in [5.74, 6) is 0.814. The molecule has 2 aromatic rings. The van der Waals surface area contributed by atoms with E-state index in [1.165, 1.54) is 0 Å². The minimum Gasteiger partial charge on any atom is -0.491 e. The van der Waals surface area contributed by atoms with Crippen molar-refractivity contribution >= 4 is 17.2 Å². The zero-order valence-corrected chi connectivity index (χ0v) is 11.4. The number of carbonyl (C=O) groups excluding carboxylic acids is 1. The van der Waals surface area contributed by atoms with Crippen LogP contribution in [0.2, 0.25) is 0 Å². The standard InChI is InChI=1S/C15H19NO2/c1-5-16-11(4)14(9-17)13-8-12(18-10(2)3)6-7-15(13)16/h6-10H,5H2,1-4H3. The van der Waals surface area contributed by atoms with Crippen LogP contribution in [-0.4, -0.2) is 17.0 Å². The first-order valence-corrected chi connectivity index (χ1v) is 6.33. The van der Waals surface area contributed by atoms with E-state index in [1.807, 2.05) is 39.0 Å². The summed E-state index contributed by atoms with van der Waals surface area (Å²) in [5.41, 5.74) is 2.87. The number of ether oxygens (including phenoxy) is 1. The lowest BCUT2D eigenvalue weighted by Crippen LogP contribution is -2.05. The maximum Gasteiger partial charge on any atom is 0.152 e. The van der Waals surface area contributed by atoms with E-state index < -0.39 is 0 Å². The summed E-state index contributed by atoms with van der Waals surface area (Å²) in [6, 6.07) is 5.94. The zero-order valence-electron chi connectivity index (χ0n) is 11.4. The third kappa shape index (κ3) is 2.01. The molecule has 2 rings (SSSR count). The predicted octanol–water partition coefficient (Wildman–Crippen LogP) is 3.57. The molecule has 0 unspecified atom stereocenters. The van der Waals surface area contributed by atoms with Crippen molar-refractivity contribution in [2.75, 3.05) is 0 Å². The number of hydrogen-bond donors (Lipinski definition) is 0. The first-order valence-electron chi connectivity index (χ1n) is 6.33. The van der Waals surface area contributed by atoms with Crippen LogP contribution >= 0.6 is 0 Å². The van der Waals surface area contributed by atoms with Gasteiger partial charge in [0.05, 0.1) is 6.10 Å². The minimum absolute atomic E-state index is 0.136. The van der Waals surface area contributed by atoms with Crippen molar-refractivity contribution < 1.29 is 9.53 Å². The molecule has 0 N–H and O–H groups in total. The number of aromatic nitrogens is 1. The van der Waals surface area contributed by atoms with Crippen LogP contribution in [0, 0.1) is 6.92 Å². The average Bonchev–Trinajstić information content (AvgIpc) is 2.58. The van der Waals surface area contributed by atoms with Crippen molar-refractivity contribution in [3.63, 3.8) is 0 Å². The third-order valence-corrected chi connectivity index (χ3v) is 3.15. The highest BCUT2D eigenvalue weighted by atomic mass is 16.5. The summed E-state index contributed by atoms with van der Waals surface area (Å²) >= 11 is 0. The molecule has 0 saturated heterocycles. The van der Waals surface area contributed by atoms with Crippen molar-refractivity contribution in [2.24, 2.45) is 0 Å². The Labute approximate surface area is 107 Å². The highest BCUT2D eigenvalue weighted by Gasteiger charge is 2.13. The SMILES string of the molecule is CCn1c(C)c(C=O)c2cc(OC(C)C)ccc21. The second kappa shape index (κ2) is 4.84. The van der Waals surface area contributed by atoms with Crippen LogP contribution in [-0.2, 0) is 6.54 Å². The Bertz CT molecular complexity index is 582. The molecule has 1 aromatic carbocycles. The maximum absolute atomic E-state index is 11.2. The van der Waals surface area contributed by atoms with Gasteiger partial charge in [-0.05, 0) is 45.9 Å². The number of fused-ring (bicyclic) bond motifs is 1. The van der Waals surface area contributed by atoms with E-state index in [2.05, 4.69) is 11.5 Å². The smallest absolute Gasteiger partial charge is 0.152 e. The minimum atomic E-state index is 0.136. The topological polar surface area (TPSA) is 31.2 Å². The van der Waals surface area contributed by atoms with Gasteiger partial charge >= 0.3 is 0 Å². The quantitative estimate of drug-likeness (QED) is 0.771. The van der Waals surface area contributed by atoms with E-state index in [-0.39, 0.29) is 6.10 Å². The van der Waals surface area contributed by atoms with Gasteiger partial charge in [0.1, 0.15) is 5.75 Å². The van der Waals surface area contributed by atoms with Crippen LogP contribution in [0.25, 0.3) is 10.9 Å². The van der Waals surface area contributed by atoms with Gasteiger partial charge in [-0.3, -0.25) is 4.79 Å². The number of aldehydes is 1. The molecule has 96 valence electrons. The molecule has 0 saturated carbocycles. The molecular weight excluding hydrogens is 226 g/mol. The maximum atomic E-state index is 11.2. The van der Waals surface area contributed by atoms with Gasteiger partial charge in [-0.25, -0.2) is 0 Å². The van der Waals surface area contributed by atoms with E-state index in [4.69, 9.17) is 4.74 Å². The fraction of sp³-hybridized carbons (Fsp3) is 0.400. The number of carbonyl (C=O) groups is 1. The molecule has 0 radical (unpaired) electrons. The van der Waals surface area contributed by atoms with E-state index in [0.29, 0.717) is 0 Å². The fourth-order valence-corrected chi connectivity index (χ4v) is 2.39.